The number of hydrogen-bond donors (Lipinski definition) is 2. The molecule has 1 heterocycles. The Morgan fingerprint density at radius 1 is 1.41 bits per heavy atom. The van der Waals surface area contributed by atoms with Gasteiger partial charge < -0.3 is 15.3 Å². The van der Waals surface area contributed by atoms with Crippen molar-refractivity contribution in [3.63, 3.8) is 0 Å². The third-order valence-corrected chi connectivity index (χ3v) is 3.26. The van der Waals surface area contributed by atoms with E-state index < -0.39 is 0 Å². The molecule has 0 amide bonds. The van der Waals surface area contributed by atoms with E-state index >= 15 is 0 Å². The van der Waals surface area contributed by atoms with Crippen LogP contribution in [0.4, 0.5) is 0 Å². The van der Waals surface area contributed by atoms with E-state index in [1.165, 1.54) is 0 Å². The molecule has 1 aromatic rings. The maximum Gasteiger partial charge on any atom is 0.122 e. The zero-order valence-corrected chi connectivity index (χ0v) is 10.8. The molecule has 3 N–H and O–H groups in total. The van der Waals surface area contributed by atoms with Crippen molar-refractivity contribution in [3.8, 4) is 0 Å². The third-order valence-electron chi connectivity index (χ3n) is 3.26. The van der Waals surface area contributed by atoms with Gasteiger partial charge in [-0.15, -0.1) is 0 Å². The van der Waals surface area contributed by atoms with Gasteiger partial charge in [-0.05, 0) is 25.0 Å². The van der Waals surface area contributed by atoms with Gasteiger partial charge in [-0.3, -0.25) is 4.90 Å². The van der Waals surface area contributed by atoms with Crippen LogP contribution in [0.5, 0.6) is 0 Å². The van der Waals surface area contributed by atoms with E-state index in [1.54, 1.807) is 6.26 Å². The molecule has 1 atom stereocenters. The fraction of sp³-hybridized carbons (Fsp3) is 0.692. The van der Waals surface area contributed by atoms with Crippen LogP contribution in [0.2, 0.25) is 0 Å². The minimum absolute atomic E-state index is 0.0575. The van der Waals surface area contributed by atoms with Crippen LogP contribution in [0.25, 0.3) is 0 Å². The Balaban J connectivity index is 2.86. The lowest BCUT2D eigenvalue weighted by Gasteiger charge is -2.35. The van der Waals surface area contributed by atoms with E-state index in [4.69, 9.17) is 10.2 Å². The lowest BCUT2D eigenvalue weighted by Crippen LogP contribution is -2.42. The second kappa shape index (κ2) is 7.48. The number of furan rings is 1. The summed E-state index contributed by atoms with van der Waals surface area (Å²) in [6.07, 6.45) is 3.77. The first kappa shape index (κ1) is 14.2. The quantitative estimate of drug-likeness (QED) is 0.727. The van der Waals surface area contributed by atoms with Gasteiger partial charge in [-0.2, -0.15) is 0 Å². The Labute approximate surface area is 103 Å². The van der Waals surface area contributed by atoms with Crippen molar-refractivity contribution >= 4 is 0 Å². The standard InChI is InChI=1S/C13H24N2O2/c1-3-11(4-2)15(7-8-16)12(10-14)13-6-5-9-17-13/h5-6,9,11-12,16H,3-4,7-8,10,14H2,1-2H3. The molecule has 0 aliphatic rings. The molecule has 4 nitrogen and oxygen atoms in total. The predicted molar refractivity (Wildman–Crippen MR) is 68.7 cm³/mol. The molecule has 0 aromatic carbocycles. The lowest BCUT2D eigenvalue weighted by molar-refractivity contribution is 0.0885. The second-order valence-electron chi connectivity index (χ2n) is 4.20. The van der Waals surface area contributed by atoms with Crippen molar-refractivity contribution in [1.29, 1.82) is 0 Å². The van der Waals surface area contributed by atoms with E-state index in [0.29, 0.717) is 19.1 Å². The number of rotatable bonds is 8. The maximum atomic E-state index is 9.21. The zero-order valence-electron chi connectivity index (χ0n) is 10.8. The van der Waals surface area contributed by atoms with Crippen LogP contribution in [0, 0.1) is 0 Å². The highest BCUT2D eigenvalue weighted by molar-refractivity contribution is 5.06. The van der Waals surface area contributed by atoms with Crippen LogP contribution in [0.15, 0.2) is 22.8 Å². The largest absolute Gasteiger partial charge is 0.468 e. The monoisotopic (exact) mass is 240 g/mol. The van der Waals surface area contributed by atoms with Crippen molar-refractivity contribution < 1.29 is 9.52 Å². The van der Waals surface area contributed by atoms with Crippen molar-refractivity contribution in [2.24, 2.45) is 5.73 Å². The molecule has 0 bridgehead atoms. The highest BCUT2D eigenvalue weighted by Gasteiger charge is 2.25. The molecule has 1 rings (SSSR count). The summed E-state index contributed by atoms with van der Waals surface area (Å²) in [4.78, 5) is 2.25. The van der Waals surface area contributed by atoms with Gasteiger partial charge in [0.2, 0.25) is 0 Å². The van der Waals surface area contributed by atoms with E-state index in [2.05, 4.69) is 18.7 Å². The summed E-state index contributed by atoms with van der Waals surface area (Å²) in [7, 11) is 0. The van der Waals surface area contributed by atoms with Gasteiger partial charge in [0, 0.05) is 19.1 Å². The van der Waals surface area contributed by atoms with Gasteiger partial charge in [0.1, 0.15) is 5.76 Å². The topological polar surface area (TPSA) is 62.6 Å². The van der Waals surface area contributed by atoms with Crippen molar-refractivity contribution in [2.75, 3.05) is 19.7 Å². The maximum absolute atomic E-state index is 9.21. The first-order valence-corrected chi connectivity index (χ1v) is 6.38. The van der Waals surface area contributed by atoms with Crippen molar-refractivity contribution in [3.05, 3.63) is 24.2 Å². The molecule has 0 radical (unpaired) electrons. The number of aliphatic hydroxyl groups excluding tert-OH is 1. The highest BCUT2D eigenvalue weighted by atomic mass is 16.3. The number of nitrogens with two attached hydrogens (primary N) is 1. The van der Waals surface area contributed by atoms with Crippen LogP contribution in [-0.4, -0.2) is 35.7 Å². The Kier molecular flexibility index (Phi) is 6.26. The van der Waals surface area contributed by atoms with Crippen LogP contribution in [-0.2, 0) is 0 Å². The fourth-order valence-corrected chi connectivity index (χ4v) is 2.36. The fourth-order valence-electron chi connectivity index (χ4n) is 2.36. The summed E-state index contributed by atoms with van der Waals surface area (Å²) in [5, 5.41) is 9.21. The Bertz CT molecular complexity index is 284. The highest BCUT2D eigenvalue weighted by Crippen LogP contribution is 2.24. The minimum Gasteiger partial charge on any atom is -0.468 e. The first-order valence-electron chi connectivity index (χ1n) is 6.38. The molecule has 98 valence electrons. The predicted octanol–water partition coefficient (Wildman–Crippen LogP) is 1.76. The van der Waals surface area contributed by atoms with Crippen LogP contribution in [0.1, 0.15) is 38.5 Å². The SMILES string of the molecule is CCC(CC)N(CCO)C(CN)c1ccco1. The minimum atomic E-state index is 0.0575. The van der Waals surface area contributed by atoms with Crippen LogP contribution in [0.3, 0.4) is 0 Å². The van der Waals surface area contributed by atoms with E-state index in [1.807, 2.05) is 12.1 Å². The molecule has 0 saturated carbocycles. The number of nitrogens with zero attached hydrogens (tertiary/aromatic N) is 1. The summed E-state index contributed by atoms with van der Waals surface area (Å²) in [5.74, 6) is 0.882. The summed E-state index contributed by atoms with van der Waals surface area (Å²) >= 11 is 0. The van der Waals surface area contributed by atoms with Gasteiger partial charge in [0.05, 0.1) is 18.9 Å². The summed E-state index contributed by atoms with van der Waals surface area (Å²) in [6, 6.07) is 4.31. The summed E-state index contributed by atoms with van der Waals surface area (Å²) in [6.45, 7) is 5.61. The molecule has 0 aliphatic carbocycles. The molecular formula is C13H24N2O2. The average molecular weight is 240 g/mol. The normalized spacial score (nSPS) is 13.5. The van der Waals surface area contributed by atoms with E-state index in [-0.39, 0.29) is 12.6 Å². The van der Waals surface area contributed by atoms with Crippen molar-refractivity contribution in [2.45, 2.75) is 38.8 Å². The van der Waals surface area contributed by atoms with Crippen LogP contribution >= 0.6 is 0 Å². The number of aliphatic hydroxyl groups is 1. The van der Waals surface area contributed by atoms with Gasteiger partial charge in [-0.1, -0.05) is 13.8 Å². The average Bonchev–Trinajstić information content (AvgIpc) is 2.85. The molecule has 0 spiro atoms. The number of hydrogen-bond acceptors (Lipinski definition) is 4. The second-order valence-corrected chi connectivity index (χ2v) is 4.20. The van der Waals surface area contributed by atoms with Crippen LogP contribution < -0.4 is 5.73 Å². The molecule has 0 aliphatic heterocycles. The Hall–Kier alpha value is -0.840. The third kappa shape index (κ3) is 3.56. The summed E-state index contributed by atoms with van der Waals surface area (Å²) in [5.41, 5.74) is 5.86. The summed E-state index contributed by atoms with van der Waals surface area (Å²) < 4.78 is 5.45. The van der Waals surface area contributed by atoms with Gasteiger partial charge >= 0.3 is 0 Å². The molecule has 1 aromatic heterocycles. The van der Waals surface area contributed by atoms with Gasteiger partial charge in [-0.25, -0.2) is 0 Å². The molecular weight excluding hydrogens is 216 g/mol. The molecule has 0 saturated heterocycles. The van der Waals surface area contributed by atoms with E-state index in [0.717, 1.165) is 18.6 Å². The molecule has 0 fully saturated rings. The lowest BCUT2D eigenvalue weighted by atomic mass is 10.1. The molecule has 4 heteroatoms. The van der Waals surface area contributed by atoms with Gasteiger partial charge in [0.15, 0.2) is 0 Å². The first-order chi connectivity index (χ1) is 8.28. The molecule has 1 unspecified atom stereocenters. The smallest absolute Gasteiger partial charge is 0.122 e. The Morgan fingerprint density at radius 3 is 2.53 bits per heavy atom. The molecule has 17 heavy (non-hydrogen) atoms. The van der Waals surface area contributed by atoms with Crippen molar-refractivity contribution in [1.82, 2.24) is 4.90 Å². The zero-order chi connectivity index (χ0) is 12.7. The Morgan fingerprint density at radius 2 is 2.12 bits per heavy atom. The van der Waals surface area contributed by atoms with E-state index in [9.17, 15) is 5.11 Å². The van der Waals surface area contributed by atoms with Gasteiger partial charge in [0.25, 0.3) is 0 Å².